The normalized spacial score (nSPS) is 11.4. The van der Waals surface area contributed by atoms with Crippen LogP contribution in [0.5, 0.6) is 5.75 Å². The van der Waals surface area contributed by atoms with Crippen molar-refractivity contribution < 1.29 is 19.2 Å². The van der Waals surface area contributed by atoms with Gasteiger partial charge in [-0.15, -0.1) is 0 Å². The SMILES string of the molecule is CC(=O)N[C@@H](Cc1ccccc1)C(=O)Oc1ccc([N+](=O)[O-])cc1. The number of carbonyl (C=O) groups is 2. The Bertz CT molecular complexity index is 728. The minimum atomic E-state index is -0.847. The Morgan fingerprint density at radius 1 is 1.12 bits per heavy atom. The summed E-state index contributed by atoms with van der Waals surface area (Å²) in [6.07, 6.45) is 0.284. The molecule has 2 aromatic carbocycles. The first kappa shape index (κ1) is 17.1. The number of hydrogen-bond acceptors (Lipinski definition) is 5. The number of carbonyl (C=O) groups excluding carboxylic acids is 2. The summed E-state index contributed by atoms with van der Waals surface area (Å²) in [4.78, 5) is 33.7. The van der Waals surface area contributed by atoms with Crippen LogP contribution in [0.3, 0.4) is 0 Å². The highest BCUT2D eigenvalue weighted by atomic mass is 16.6. The molecule has 1 atom stereocenters. The number of hydrogen-bond donors (Lipinski definition) is 1. The van der Waals surface area contributed by atoms with Gasteiger partial charge < -0.3 is 10.1 Å². The van der Waals surface area contributed by atoms with Gasteiger partial charge in [-0.05, 0) is 17.7 Å². The maximum Gasteiger partial charge on any atom is 0.334 e. The number of amides is 1. The molecule has 0 saturated carbocycles. The molecule has 124 valence electrons. The van der Waals surface area contributed by atoms with Crippen LogP contribution in [0.1, 0.15) is 12.5 Å². The molecule has 0 aliphatic rings. The number of nitrogens with one attached hydrogen (secondary N) is 1. The van der Waals surface area contributed by atoms with Crippen LogP contribution in [0.15, 0.2) is 54.6 Å². The summed E-state index contributed by atoms with van der Waals surface area (Å²) in [6.45, 7) is 1.32. The van der Waals surface area contributed by atoms with E-state index in [-0.39, 0.29) is 23.8 Å². The Morgan fingerprint density at radius 3 is 2.29 bits per heavy atom. The van der Waals surface area contributed by atoms with E-state index < -0.39 is 16.9 Å². The number of benzene rings is 2. The number of rotatable bonds is 6. The van der Waals surface area contributed by atoms with Gasteiger partial charge in [0.2, 0.25) is 5.91 Å². The Labute approximate surface area is 138 Å². The minimum Gasteiger partial charge on any atom is -0.425 e. The van der Waals surface area contributed by atoms with E-state index in [0.717, 1.165) is 5.56 Å². The lowest BCUT2D eigenvalue weighted by atomic mass is 10.1. The Kier molecular flexibility index (Phi) is 5.62. The first-order valence-corrected chi connectivity index (χ1v) is 7.23. The average molecular weight is 328 g/mol. The van der Waals surface area contributed by atoms with Crippen LogP contribution in [0, 0.1) is 10.1 Å². The average Bonchev–Trinajstić information content (AvgIpc) is 2.55. The summed E-state index contributed by atoms with van der Waals surface area (Å²) in [5.41, 5.74) is 0.773. The van der Waals surface area contributed by atoms with E-state index in [4.69, 9.17) is 4.74 Å². The molecule has 7 heteroatoms. The van der Waals surface area contributed by atoms with E-state index in [9.17, 15) is 19.7 Å². The third kappa shape index (κ3) is 4.91. The highest BCUT2D eigenvalue weighted by molar-refractivity contribution is 5.84. The monoisotopic (exact) mass is 328 g/mol. The van der Waals surface area contributed by atoms with Crippen molar-refractivity contribution in [1.29, 1.82) is 0 Å². The van der Waals surface area contributed by atoms with Crippen LogP contribution >= 0.6 is 0 Å². The highest BCUT2D eigenvalue weighted by Crippen LogP contribution is 2.18. The molecule has 0 spiro atoms. The molecule has 1 amide bonds. The van der Waals surface area contributed by atoms with Crippen molar-refractivity contribution in [3.8, 4) is 5.75 Å². The van der Waals surface area contributed by atoms with Crippen LogP contribution in [-0.2, 0) is 16.0 Å². The van der Waals surface area contributed by atoms with Crippen molar-refractivity contribution in [2.45, 2.75) is 19.4 Å². The van der Waals surface area contributed by atoms with E-state index in [1.807, 2.05) is 30.3 Å². The van der Waals surface area contributed by atoms with Gasteiger partial charge in [0.25, 0.3) is 5.69 Å². The summed E-state index contributed by atoms with van der Waals surface area (Å²) in [7, 11) is 0. The Morgan fingerprint density at radius 2 is 1.75 bits per heavy atom. The topological polar surface area (TPSA) is 98.5 Å². The number of ether oxygens (including phenoxy) is 1. The number of non-ortho nitro benzene ring substituents is 1. The van der Waals surface area contributed by atoms with E-state index in [2.05, 4.69) is 5.32 Å². The summed E-state index contributed by atoms with van der Waals surface area (Å²) in [5, 5.41) is 13.2. The van der Waals surface area contributed by atoms with Crippen LogP contribution in [0.25, 0.3) is 0 Å². The lowest BCUT2D eigenvalue weighted by Crippen LogP contribution is -2.43. The van der Waals surface area contributed by atoms with Crippen molar-refractivity contribution >= 4 is 17.6 Å². The molecular weight excluding hydrogens is 312 g/mol. The van der Waals surface area contributed by atoms with Crippen molar-refractivity contribution in [3.05, 3.63) is 70.3 Å². The summed E-state index contributed by atoms with van der Waals surface area (Å²) < 4.78 is 5.21. The molecule has 7 nitrogen and oxygen atoms in total. The smallest absolute Gasteiger partial charge is 0.334 e. The van der Waals surface area contributed by atoms with Gasteiger partial charge in [0.1, 0.15) is 11.8 Å². The fourth-order valence-electron chi connectivity index (χ4n) is 2.11. The Balaban J connectivity index is 2.09. The van der Waals surface area contributed by atoms with Gasteiger partial charge in [-0.3, -0.25) is 14.9 Å². The fraction of sp³-hybridized carbons (Fsp3) is 0.176. The predicted molar refractivity (Wildman–Crippen MR) is 86.5 cm³/mol. The van der Waals surface area contributed by atoms with Crippen LogP contribution < -0.4 is 10.1 Å². The molecule has 2 aromatic rings. The third-order valence-corrected chi connectivity index (χ3v) is 3.21. The first-order valence-electron chi connectivity index (χ1n) is 7.23. The second kappa shape index (κ2) is 7.87. The van der Waals surface area contributed by atoms with Gasteiger partial charge in [0.15, 0.2) is 0 Å². The lowest BCUT2D eigenvalue weighted by molar-refractivity contribution is -0.384. The van der Waals surface area contributed by atoms with E-state index in [0.29, 0.717) is 0 Å². The predicted octanol–water partition coefficient (Wildman–Crippen LogP) is 2.25. The van der Waals surface area contributed by atoms with E-state index in [1.165, 1.54) is 31.2 Å². The molecule has 0 fully saturated rings. The zero-order valence-corrected chi connectivity index (χ0v) is 13.0. The van der Waals surface area contributed by atoms with Gasteiger partial charge >= 0.3 is 5.97 Å². The second-order valence-electron chi connectivity index (χ2n) is 5.11. The van der Waals surface area contributed by atoms with Crippen molar-refractivity contribution in [2.24, 2.45) is 0 Å². The third-order valence-electron chi connectivity index (χ3n) is 3.21. The molecule has 0 aliphatic heterocycles. The summed E-state index contributed by atoms with van der Waals surface area (Å²) >= 11 is 0. The Hall–Kier alpha value is -3.22. The summed E-state index contributed by atoms with van der Waals surface area (Å²) in [6, 6.07) is 13.5. The number of nitrogens with zero attached hydrogens (tertiary/aromatic N) is 1. The zero-order valence-electron chi connectivity index (χ0n) is 13.0. The van der Waals surface area contributed by atoms with Crippen molar-refractivity contribution in [1.82, 2.24) is 5.32 Å². The second-order valence-corrected chi connectivity index (χ2v) is 5.11. The number of nitro groups is 1. The van der Waals surface area contributed by atoms with Gasteiger partial charge in [0.05, 0.1) is 4.92 Å². The number of esters is 1. The van der Waals surface area contributed by atoms with Gasteiger partial charge in [-0.2, -0.15) is 0 Å². The molecule has 24 heavy (non-hydrogen) atoms. The van der Waals surface area contributed by atoms with Crippen molar-refractivity contribution in [3.63, 3.8) is 0 Å². The minimum absolute atomic E-state index is 0.0995. The maximum absolute atomic E-state index is 12.3. The molecule has 0 aliphatic carbocycles. The molecule has 0 bridgehead atoms. The van der Waals surface area contributed by atoms with E-state index >= 15 is 0 Å². The zero-order chi connectivity index (χ0) is 17.5. The highest BCUT2D eigenvalue weighted by Gasteiger charge is 2.22. The molecule has 0 radical (unpaired) electrons. The largest absolute Gasteiger partial charge is 0.425 e. The lowest BCUT2D eigenvalue weighted by Gasteiger charge is -2.16. The molecule has 0 unspecified atom stereocenters. The molecule has 0 aromatic heterocycles. The van der Waals surface area contributed by atoms with Crippen LogP contribution in [0.2, 0.25) is 0 Å². The van der Waals surface area contributed by atoms with Gasteiger partial charge in [0, 0.05) is 25.5 Å². The number of nitro benzene ring substituents is 1. The fourth-order valence-corrected chi connectivity index (χ4v) is 2.11. The molecule has 1 N–H and O–H groups in total. The maximum atomic E-state index is 12.3. The standard InChI is InChI=1S/C17H16N2O5/c1-12(20)18-16(11-13-5-3-2-4-6-13)17(21)24-15-9-7-14(8-10-15)19(22)23/h2-10,16H,11H2,1H3,(H,18,20)/t16-/m0/s1. The molecule has 0 saturated heterocycles. The van der Waals surface area contributed by atoms with Crippen LogP contribution in [-0.4, -0.2) is 22.8 Å². The van der Waals surface area contributed by atoms with Crippen molar-refractivity contribution in [2.75, 3.05) is 0 Å². The summed E-state index contributed by atoms with van der Waals surface area (Å²) in [5.74, 6) is -0.812. The molecular formula is C17H16N2O5. The van der Waals surface area contributed by atoms with Gasteiger partial charge in [-0.1, -0.05) is 30.3 Å². The first-order chi connectivity index (χ1) is 11.5. The molecule has 0 heterocycles. The quantitative estimate of drug-likeness (QED) is 0.379. The van der Waals surface area contributed by atoms with E-state index in [1.54, 1.807) is 0 Å². The molecule has 2 rings (SSSR count). The van der Waals surface area contributed by atoms with Gasteiger partial charge in [-0.25, -0.2) is 4.79 Å². The van der Waals surface area contributed by atoms with Crippen LogP contribution in [0.4, 0.5) is 5.69 Å².